The smallest absolute Gasteiger partial charge is 0.226 e. The minimum atomic E-state index is 0. The van der Waals surface area contributed by atoms with E-state index in [1.54, 1.807) is 18.4 Å². The highest BCUT2D eigenvalue weighted by molar-refractivity contribution is 14.0. The summed E-state index contributed by atoms with van der Waals surface area (Å²) in [5.41, 5.74) is 4.65. The maximum absolute atomic E-state index is 8.87. The Kier molecular flexibility index (Phi) is 8.68. The lowest BCUT2D eigenvalue weighted by Gasteiger charge is -2.10. The molecule has 0 aliphatic rings. The molecule has 0 spiro atoms. The average molecular weight is 501 g/mol. The number of rotatable bonds is 6. The summed E-state index contributed by atoms with van der Waals surface area (Å²) in [5, 5.41) is 15.4. The average Bonchev–Trinajstić information content (AvgIpc) is 3.20. The second kappa shape index (κ2) is 11.2. The predicted octanol–water partition coefficient (Wildman–Crippen LogP) is 4.40. The lowest BCUT2D eigenvalue weighted by atomic mass is 10.1. The van der Waals surface area contributed by atoms with Crippen molar-refractivity contribution in [1.82, 2.24) is 15.6 Å². The second-order valence-electron chi connectivity index (χ2n) is 6.37. The van der Waals surface area contributed by atoms with Crippen LogP contribution < -0.4 is 10.6 Å². The standard InChI is InChI=1S/C22H23N5O.HI/c1-3-24-22(25-13-18-8-6-17(12-23)7-9-18)26-14-20-15-28-21(27-20)19-10-4-16(2)5-11-19;/h4-11,15H,3,13-14H2,1-2H3,(H2,24,25,26);1H. The van der Waals surface area contributed by atoms with Gasteiger partial charge in [0.2, 0.25) is 5.89 Å². The minimum Gasteiger partial charge on any atom is -0.444 e. The summed E-state index contributed by atoms with van der Waals surface area (Å²) in [5.74, 6) is 1.31. The summed E-state index contributed by atoms with van der Waals surface area (Å²) < 4.78 is 5.60. The Morgan fingerprint density at radius 2 is 1.83 bits per heavy atom. The molecule has 0 aliphatic heterocycles. The SMILES string of the molecule is CCNC(=NCc1ccc(C#N)cc1)NCc1coc(-c2ccc(C)cc2)n1.I. The number of aryl methyl sites for hydroxylation is 1. The van der Waals surface area contributed by atoms with Crippen LogP contribution in [0, 0.1) is 18.3 Å². The fourth-order valence-corrected chi connectivity index (χ4v) is 2.59. The third kappa shape index (κ3) is 6.61. The van der Waals surface area contributed by atoms with Gasteiger partial charge in [0.15, 0.2) is 5.96 Å². The zero-order valence-electron chi connectivity index (χ0n) is 16.5. The van der Waals surface area contributed by atoms with Gasteiger partial charge in [0.1, 0.15) is 6.26 Å². The van der Waals surface area contributed by atoms with Crippen molar-refractivity contribution in [2.24, 2.45) is 4.99 Å². The molecule has 7 heteroatoms. The van der Waals surface area contributed by atoms with Crippen molar-refractivity contribution in [2.45, 2.75) is 26.9 Å². The normalized spacial score (nSPS) is 10.7. The number of nitrogens with one attached hydrogen (secondary N) is 2. The Morgan fingerprint density at radius 3 is 2.48 bits per heavy atom. The fourth-order valence-electron chi connectivity index (χ4n) is 2.59. The highest BCUT2D eigenvalue weighted by Gasteiger charge is 2.07. The molecule has 0 radical (unpaired) electrons. The first kappa shape index (κ1) is 22.4. The van der Waals surface area contributed by atoms with Crippen molar-refractivity contribution in [3.63, 3.8) is 0 Å². The number of benzene rings is 2. The van der Waals surface area contributed by atoms with Gasteiger partial charge in [-0.2, -0.15) is 5.26 Å². The molecule has 1 aromatic heterocycles. The Bertz CT molecular complexity index is 972. The van der Waals surface area contributed by atoms with Crippen molar-refractivity contribution < 1.29 is 4.42 Å². The van der Waals surface area contributed by atoms with E-state index in [1.165, 1.54) is 5.56 Å². The molecule has 0 fully saturated rings. The van der Waals surface area contributed by atoms with Gasteiger partial charge in [-0.05, 0) is 43.7 Å². The molecule has 0 amide bonds. The first-order chi connectivity index (χ1) is 13.7. The molecule has 0 bridgehead atoms. The number of nitrogens with zero attached hydrogens (tertiary/aromatic N) is 3. The van der Waals surface area contributed by atoms with Gasteiger partial charge in [-0.3, -0.25) is 0 Å². The van der Waals surface area contributed by atoms with Crippen LogP contribution in [-0.4, -0.2) is 17.5 Å². The first-order valence-corrected chi connectivity index (χ1v) is 9.20. The number of nitriles is 1. The Hall–Kier alpha value is -2.86. The monoisotopic (exact) mass is 501 g/mol. The molecule has 0 saturated heterocycles. The van der Waals surface area contributed by atoms with E-state index in [9.17, 15) is 0 Å². The molecule has 2 N–H and O–H groups in total. The summed E-state index contributed by atoms with van der Waals surface area (Å²) in [6, 6.07) is 17.6. The molecule has 1 heterocycles. The zero-order chi connectivity index (χ0) is 19.8. The summed E-state index contributed by atoms with van der Waals surface area (Å²) >= 11 is 0. The molecule has 0 atom stereocenters. The van der Waals surface area contributed by atoms with Crippen molar-refractivity contribution in [2.75, 3.05) is 6.54 Å². The van der Waals surface area contributed by atoms with Gasteiger partial charge >= 0.3 is 0 Å². The molecule has 150 valence electrons. The van der Waals surface area contributed by atoms with Crippen molar-refractivity contribution >= 4 is 29.9 Å². The van der Waals surface area contributed by atoms with Crippen LogP contribution in [0.1, 0.15) is 29.3 Å². The number of hydrogen-bond acceptors (Lipinski definition) is 4. The van der Waals surface area contributed by atoms with E-state index in [2.05, 4.69) is 26.7 Å². The van der Waals surface area contributed by atoms with Gasteiger partial charge in [0.05, 0.1) is 30.4 Å². The van der Waals surface area contributed by atoms with Gasteiger partial charge in [0, 0.05) is 12.1 Å². The lowest BCUT2D eigenvalue weighted by Crippen LogP contribution is -2.36. The summed E-state index contributed by atoms with van der Waals surface area (Å²) in [4.78, 5) is 9.12. The van der Waals surface area contributed by atoms with E-state index in [4.69, 9.17) is 9.68 Å². The molecule has 0 unspecified atom stereocenters. The molecule has 6 nitrogen and oxygen atoms in total. The Labute approximate surface area is 188 Å². The maximum Gasteiger partial charge on any atom is 0.226 e. The molecule has 3 rings (SSSR count). The van der Waals surface area contributed by atoms with Gasteiger partial charge < -0.3 is 15.1 Å². The molecule has 0 saturated carbocycles. The predicted molar refractivity (Wildman–Crippen MR) is 125 cm³/mol. The molecule has 0 aliphatic carbocycles. The van der Waals surface area contributed by atoms with E-state index < -0.39 is 0 Å². The fraction of sp³-hybridized carbons (Fsp3) is 0.227. The van der Waals surface area contributed by atoms with E-state index >= 15 is 0 Å². The largest absolute Gasteiger partial charge is 0.444 e. The number of guanidine groups is 1. The third-order valence-corrected chi connectivity index (χ3v) is 4.13. The highest BCUT2D eigenvalue weighted by atomic mass is 127. The van der Waals surface area contributed by atoms with Crippen molar-refractivity contribution in [3.05, 3.63) is 77.2 Å². The van der Waals surface area contributed by atoms with Crippen LogP contribution in [0.4, 0.5) is 0 Å². The quantitative estimate of drug-likeness (QED) is 0.297. The number of aromatic nitrogens is 1. The number of halogens is 1. The van der Waals surface area contributed by atoms with Gasteiger partial charge in [0.25, 0.3) is 0 Å². The molecule has 29 heavy (non-hydrogen) atoms. The summed E-state index contributed by atoms with van der Waals surface area (Å²) in [6.45, 7) is 5.86. The highest BCUT2D eigenvalue weighted by Crippen LogP contribution is 2.19. The van der Waals surface area contributed by atoms with Gasteiger partial charge in [-0.15, -0.1) is 24.0 Å². The number of hydrogen-bond donors (Lipinski definition) is 2. The zero-order valence-corrected chi connectivity index (χ0v) is 18.8. The molecular formula is C22H24IN5O. The van der Waals surface area contributed by atoms with Crippen LogP contribution in [0.15, 0.2) is 64.2 Å². The van der Waals surface area contributed by atoms with E-state index in [0.29, 0.717) is 30.5 Å². The maximum atomic E-state index is 8.87. The molecular weight excluding hydrogens is 477 g/mol. The van der Waals surface area contributed by atoms with E-state index in [1.807, 2.05) is 50.2 Å². The Morgan fingerprint density at radius 1 is 1.10 bits per heavy atom. The van der Waals surface area contributed by atoms with Crippen molar-refractivity contribution in [3.8, 4) is 17.5 Å². The van der Waals surface area contributed by atoms with E-state index in [-0.39, 0.29) is 24.0 Å². The van der Waals surface area contributed by atoms with E-state index in [0.717, 1.165) is 23.4 Å². The Balaban J connectivity index is 0.00000300. The van der Waals surface area contributed by atoms with Gasteiger partial charge in [-0.1, -0.05) is 29.8 Å². The summed E-state index contributed by atoms with van der Waals surface area (Å²) in [7, 11) is 0. The van der Waals surface area contributed by atoms with Crippen LogP contribution in [-0.2, 0) is 13.1 Å². The number of oxazole rings is 1. The van der Waals surface area contributed by atoms with Gasteiger partial charge in [-0.25, -0.2) is 9.98 Å². The second-order valence-corrected chi connectivity index (χ2v) is 6.37. The van der Waals surface area contributed by atoms with Crippen LogP contribution >= 0.6 is 24.0 Å². The van der Waals surface area contributed by atoms with Crippen LogP contribution in [0.2, 0.25) is 0 Å². The van der Waals surface area contributed by atoms with Crippen LogP contribution in [0.25, 0.3) is 11.5 Å². The topological polar surface area (TPSA) is 86.2 Å². The summed E-state index contributed by atoms with van der Waals surface area (Å²) in [6.07, 6.45) is 1.66. The first-order valence-electron chi connectivity index (χ1n) is 9.20. The third-order valence-electron chi connectivity index (χ3n) is 4.13. The van der Waals surface area contributed by atoms with Crippen LogP contribution in [0.5, 0.6) is 0 Å². The minimum absolute atomic E-state index is 0. The number of aliphatic imine (C=N–C) groups is 1. The molecule has 3 aromatic rings. The van der Waals surface area contributed by atoms with Crippen LogP contribution in [0.3, 0.4) is 0 Å². The lowest BCUT2D eigenvalue weighted by molar-refractivity contribution is 0.572. The molecule has 2 aromatic carbocycles. The van der Waals surface area contributed by atoms with Crippen molar-refractivity contribution in [1.29, 1.82) is 5.26 Å².